The van der Waals surface area contributed by atoms with E-state index in [2.05, 4.69) is 0 Å². The van der Waals surface area contributed by atoms with Crippen LogP contribution in [0.4, 0.5) is 0 Å². The Kier molecular flexibility index (Phi) is 19.0. The molecule has 0 saturated heterocycles. The predicted octanol–water partition coefficient (Wildman–Crippen LogP) is 13.0. The summed E-state index contributed by atoms with van der Waals surface area (Å²) in [6.45, 7) is 7.16. The predicted molar refractivity (Wildman–Crippen MR) is 290 cm³/mol. The largest absolute Gasteiger partial charge is 0.304 e. The average molecular weight is 1170 g/mol. The Bertz CT molecular complexity index is 3500. The minimum absolute atomic E-state index is 0.0795. The minimum atomic E-state index is -5.08. The maximum Gasteiger partial charge on any atom is 0.294 e. The van der Waals surface area contributed by atoms with Gasteiger partial charge in [0, 0.05) is 0 Å². The van der Waals surface area contributed by atoms with Gasteiger partial charge in [0.2, 0.25) is 0 Å². The first kappa shape index (κ1) is 60.6. The average Bonchev–Trinajstić information content (AvgIpc) is 3.34. The highest BCUT2D eigenvalue weighted by atomic mass is 32.3. The lowest BCUT2D eigenvalue weighted by molar-refractivity contribution is 0.373. The maximum atomic E-state index is 13.7. The van der Waals surface area contributed by atoms with E-state index in [9.17, 15) is 79.2 Å². The fraction of sp³-hybridized carbons (Fsp3) is 0.308. The SMILES string of the molecule is CC(CC(CCC(c1ccc(C(C)CC(CC(C)c2cccc(S(O)(O)O)c2)c2cccc(S(=O)(=O)O)c2)cc1S(=O)(=O)O)C(C)c1cccc(S(=O)(=O)O)c1)c1cccc(S(=O)(=O)O)c1)c1cccc(S(O)(O)O)c1. The van der Waals surface area contributed by atoms with Crippen LogP contribution in [0.2, 0.25) is 0 Å². The minimum Gasteiger partial charge on any atom is -0.304 e. The molecule has 0 radical (unpaired) electrons. The van der Waals surface area contributed by atoms with Crippen LogP contribution in [0.3, 0.4) is 0 Å². The molecule has 0 aliphatic heterocycles. The molecule has 24 heteroatoms. The number of hydrogen-bond acceptors (Lipinski definition) is 14. The smallest absolute Gasteiger partial charge is 0.294 e. The van der Waals surface area contributed by atoms with Crippen LogP contribution in [-0.2, 0) is 40.5 Å². The summed E-state index contributed by atoms with van der Waals surface area (Å²) in [5.41, 5.74) is 3.02. The Hall–Kier alpha value is -4.58. The number of rotatable bonds is 23. The van der Waals surface area contributed by atoms with Crippen LogP contribution >= 0.6 is 21.7 Å². The van der Waals surface area contributed by atoms with Crippen LogP contribution in [-0.4, -0.2) is 79.2 Å². The normalized spacial score (nSPS) is 16.2. The summed E-state index contributed by atoms with van der Waals surface area (Å²) in [7, 11) is -27.3. The fourth-order valence-corrected chi connectivity index (χ4v) is 13.5. The lowest BCUT2D eigenvalue weighted by Gasteiger charge is -2.30. The van der Waals surface area contributed by atoms with Gasteiger partial charge in [0.05, 0.1) is 29.4 Å². The Labute approximate surface area is 447 Å². The van der Waals surface area contributed by atoms with Gasteiger partial charge in [-0.1, -0.05) is 100 Å². The molecule has 0 aliphatic rings. The summed E-state index contributed by atoms with van der Waals surface area (Å²) >= 11 is 0. The van der Waals surface area contributed by atoms with Crippen molar-refractivity contribution in [1.82, 2.24) is 0 Å². The van der Waals surface area contributed by atoms with Gasteiger partial charge in [-0.25, -0.2) is 0 Å². The Balaban J connectivity index is 1.45. The topological polar surface area (TPSA) is 339 Å². The van der Waals surface area contributed by atoms with E-state index >= 15 is 0 Å². The van der Waals surface area contributed by atoms with Crippen molar-refractivity contribution in [2.45, 2.75) is 131 Å². The second kappa shape index (κ2) is 23.8. The standard InChI is InChI=1S/C52H62O18S6/c1-33(37-10-5-15-45(27-37)71(53,54)55)24-43(41-13-8-18-48(30-41)74(62,63)64)21-22-50(36(4)40-12-7-17-47(29-40)73(59,60)61)51-23-20-39(32-52(51)76(68,69)70)35(3)26-44(42-14-9-19-49(31-42)75(65,66)67)25-34(2)38-11-6-16-46(28-38)72(56,57)58/h5-20,23,27-36,43-44,50,53-58H,21-22,24-26H2,1-4H3,(H,59,60,61)(H,62,63,64)(H,65,66,67)(H,68,69,70). The van der Waals surface area contributed by atoms with Crippen LogP contribution < -0.4 is 0 Å². The van der Waals surface area contributed by atoms with Gasteiger partial charge in [0.25, 0.3) is 40.5 Å². The van der Waals surface area contributed by atoms with Crippen molar-refractivity contribution < 1.29 is 79.2 Å². The fourth-order valence-electron chi connectivity index (χ4n) is 9.95. The molecular formula is C52H62O18S6. The number of hydrogen-bond donors (Lipinski definition) is 10. The second-order valence-electron chi connectivity index (χ2n) is 19.4. The second-order valence-corrected chi connectivity index (χ2v) is 28.0. The molecule has 6 aromatic rings. The maximum absolute atomic E-state index is 13.7. The van der Waals surface area contributed by atoms with E-state index in [0.717, 1.165) is 0 Å². The van der Waals surface area contributed by atoms with Gasteiger partial charge in [0.1, 0.15) is 21.7 Å². The summed E-state index contributed by atoms with van der Waals surface area (Å²) in [4.78, 5) is -1.95. The zero-order chi connectivity index (χ0) is 56.3. The van der Waals surface area contributed by atoms with Crippen molar-refractivity contribution in [3.8, 4) is 0 Å². The van der Waals surface area contributed by atoms with E-state index < -0.39 is 112 Å². The summed E-state index contributed by atoms with van der Waals surface area (Å²) < 4.78 is 203. The molecule has 6 rings (SSSR count). The van der Waals surface area contributed by atoms with Crippen molar-refractivity contribution in [1.29, 1.82) is 0 Å². The van der Waals surface area contributed by atoms with Crippen molar-refractivity contribution in [2.75, 3.05) is 0 Å². The van der Waals surface area contributed by atoms with Gasteiger partial charge in [0.15, 0.2) is 0 Å². The third-order valence-corrected chi connectivity index (χ3v) is 19.3. The van der Waals surface area contributed by atoms with Gasteiger partial charge < -0.3 is 27.3 Å². The molecule has 0 amide bonds. The van der Waals surface area contributed by atoms with Crippen LogP contribution in [0, 0.1) is 0 Å². The molecule has 10 N–H and O–H groups in total. The van der Waals surface area contributed by atoms with E-state index in [0.29, 0.717) is 39.8 Å². The molecule has 0 aliphatic carbocycles. The lowest BCUT2D eigenvalue weighted by atomic mass is 9.75. The van der Waals surface area contributed by atoms with Gasteiger partial charge in [-0.05, 0) is 179 Å². The molecule has 0 aromatic heterocycles. The van der Waals surface area contributed by atoms with E-state index in [1.54, 1.807) is 56.3 Å². The van der Waals surface area contributed by atoms with Gasteiger partial charge >= 0.3 is 0 Å². The van der Waals surface area contributed by atoms with Crippen molar-refractivity contribution in [3.63, 3.8) is 0 Å². The quantitative estimate of drug-likeness (QED) is 0.0266. The van der Waals surface area contributed by atoms with Gasteiger partial charge in [-0.3, -0.25) is 18.2 Å². The molecule has 0 bridgehead atoms. The molecule has 414 valence electrons. The molecule has 0 spiro atoms. The molecule has 0 saturated carbocycles. The van der Waals surface area contributed by atoms with Crippen LogP contribution in [0.25, 0.3) is 0 Å². The third kappa shape index (κ3) is 15.8. The third-order valence-electron chi connectivity index (χ3n) is 14.1. The highest BCUT2D eigenvalue weighted by molar-refractivity contribution is 8.19. The Morgan fingerprint density at radius 1 is 0.342 bits per heavy atom. The zero-order valence-corrected chi connectivity index (χ0v) is 46.4. The first-order valence-corrected chi connectivity index (χ1v) is 32.4. The first-order chi connectivity index (χ1) is 35.1. The molecule has 0 fully saturated rings. The van der Waals surface area contributed by atoms with Crippen molar-refractivity contribution >= 4 is 62.2 Å². The van der Waals surface area contributed by atoms with Crippen molar-refractivity contribution in [3.05, 3.63) is 178 Å². The molecule has 6 aromatic carbocycles. The monoisotopic (exact) mass is 1170 g/mol. The van der Waals surface area contributed by atoms with E-state index in [4.69, 9.17) is 0 Å². The van der Waals surface area contributed by atoms with Crippen molar-refractivity contribution in [2.24, 2.45) is 0 Å². The van der Waals surface area contributed by atoms with Crippen LogP contribution in [0.15, 0.2) is 169 Å². The first-order valence-electron chi connectivity index (χ1n) is 23.7. The molecule has 0 heterocycles. The Morgan fingerprint density at radius 2 is 0.671 bits per heavy atom. The molecule has 7 atom stereocenters. The summed E-state index contributed by atoms with van der Waals surface area (Å²) in [5, 5.41) is 0. The molecule has 18 nitrogen and oxygen atoms in total. The van der Waals surface area contributed by atoms with E-state index in [-0.39, 0.29) is 51.9 Å². The highest BCUT2D eigenvalue weighted by Crippen LogP contribution is 2.48. The Morgan fingerprint density at radius 3 is 1.07 bits per heavy atom. The summed E-state index contributed by atoms with van der Waals surface area (Å²) in [6.07, 6.45) is 1.00. The summed E-state index contributed by atoms with van der Waals surface area (Å²) in [6, 6.07) is 33.3. The molecule has 7 unspecified atom stereocenters. The van der Waals surface area contributed by atoms with E-state index in [1.165, 1.54) is 97.1 Å². The van der Waals surface area contributed by atoms with Gasteiger partial charge in [-0.15, -0.1) is 0 Å². The van der Waals surface area contributed by atoms with E-state index in [1.807, 2.05) is 13.8 Å². The lowest BCUT2D eigenvalue weighted by Crippen LogP contribution is -2.17. The highest BCUT2D eigenvalue weighted by Gasteiger charge is 2.32. The number of benzene rings is 6. The molecular weight excluding hydrogens is 1100 g/mol. The van der Waals surface area contributed by atoms with Gasteiger partial charge in [-0.2, -0.15) is 33.7 Å². The van der Waals surface area contributed by atoms with Crippen LogP contribution in [0.1, 0.15) is 140 Å². The van der Waals surface area contributed by atoms with Crippen LogP contribution in [0.5, 0.6) is 0 Å². The molecule has 76 heavy (non-hydrogen) atoms. The zero-order valence-electron chi connectivity index (χ0n) is 41.5. The summed E-state index contributed by atoms with van der Waals surface area (Å²) in [5.74, 6) is -4.03.